The van der Waals surface area contributed by atoms with Gasteiger partial charge in [0.05, 0.1) is 12.1 Å². The minimum Gasteiger partial charge on any atom is -0.385 e. The average Bonchev–Trinajstić information content (AvgIpc) is 2.62. The van der Waals surface area contributed by atoms with Gasteiger partial charge >= 0.3 is 0 Å². The predicted octanol–water partition coefficient (Wildman–Crippen LogP) is 2.39. The first kappa shape index (κ1) is 19.0. The summed E-state index contributed by atoms with van der Waals surface area (Å²) in [6.07, 6.45) is 0.948. The molecule has 0 spiro atoms. The second-order valence-corrected chi connectivity index (χ2v) is 6.02. The van der Waals surface area contributed by atoms with Crippen molar-refractivity contribution < 1.29 is 4.74 Å². The van der Waals surface area contributed by atoms with E-state index in [4.69, 9.17) is 14.7 Å². The summed E-state index contributed by atoms with van der Waals surface area (Å²) in [4.78, 5) is 11.5. The third-order valence-corrected chi connectivity index (χ3v) is 3.82. The molecule has 0 saturated carbocycles. The molecule has 2 rings (SSSR count). The van der Waals surface area contributed by atoms with Crippen molar-refractivity contribution >= 4 is 22.7 Å². The number of nitrogens with one attached hydrogen (secondary N) is 2. The number of ether oxygens (including phenoxy) is 1. The number of para-hydroxylation sites is 1. The van der Waals surface area contributed by atoms with Crippen LogP contribution >= 0.6 is 0 Å². The summed E-state index contributed by atoms with van der Waals surface area (Å²) in [5.41, 5.74) is 2.17. The van der Waals surface area contributed by atoms with Crippen LogP contribution in [0.25, 0.3) is 10.9 Å². The Morgan fingerprint density at radius 1 is 1.24 bits per heavy atom. The molecule has 136 valence electrons. The van der Waals surface area contributed by atoms with Gasteiger partial charge in [0.25, 0.3) is 0 Å². The Hall–Kier alpha value is -2.34. The highest BCUT2D eigenvalue weighted by Gasteiger charge is 2.07. The van der Waals surface area contributed by atoms with E-state index >= 15 is 0 Å². The SMILES string of the molecule is CCNC(=NCc1cc(N(C)C)nc2ccccc12)NCCCOC. The van der Waals surface area contributed by atoms with Crippen molar-refractivity contribution in [3.05, 3.63) is 35.9 Å². The molecule has 25 heavy (non-hydrogen) atoms. The molecule has 0 unspecified atom stereocenters. The van der Waals surface area contributed by atoms with E-state index in [1.54, 1.807) is 7.11 Å². The largest absolute Gasteiger partial charge is 0.385 e. The van der Waals surface area contributed by atoms with Crippen LogP contribution in [0.5, 0.6) is 0 Å². The first-order valence-electron chi connectivity index (χ1n) is 8.72. The number of anilines is 1. The van der Waals surface area contributed by atoms with Crippen LogP contribution in [0.1, 0.15) is 18.9 Å². The molecule has 0 bridgehead atoms. The van der Waals surface area contributed by atoms with Crippen molar-refractivity contribution in [2.24, 2.45) is 4.99 Å². The monoisotopic (exact) mass is 343 g/mol. The van der Waals surface area contributed by atoms with E-state index < -0.39 is 0 Å². The van der Waals surface area contributed by atoms with Crippen LogP contribution in [0.2, 0.25) is 0 Å². The molecule has 0 aliphatic rings. The van der Waals surface area contributed by atoms with Gasteiger partial charge in [-0.1, -0.05) is 18.2 Å². The van der Waals surface area contributed by atoms with Crippen LogP contribution in [0, 0.1) is 0 Å². The lowest BCUT2D eigenvalue weighted by molar-refractivity contribution is 0.195. The van der Waals surface area contributed by atoms with Crippen molar-refractivity contribution in [3.63, 3.8) is 0 Å². The third-order valence-electron chi connectivity index (χ3n) is 3.82. The van der Waals surface area contributed by atoms with E-state index in [1.807, 2.05) is 37.2 Å². The number of fused-ring (bicyclic) bond motifs is 1. The van der Waals surface area contributed by atoms with Gasteiger partial charge in [0.2, 0.25) is 0 Å². The van der Waals surface area contributed by atoms with Crippen LogP contribution in [0.15, 0.2) is 35.3 Å². The van der Waals surface area contributed by atoms with Crippen molar-refractivity contribution in [1.82, 2.24) is 15.6 Å². The standard InChI is InChI=1S/C19H29N5O/c1-5-20-19(21-11-8-12-25-4)22-14-15-13-18(24(2)3)23-17-10-7-6-9-16(15)17/h6-7,9-10,13H,5,8,11-12,14H2,1-4H3,(H2,20,21,22). The van der Waals surface area contributed by atoms with E-state index in [1.165, 1.54) is 5.56 Å². The van der Waals surface area contributed by atoms with Gasteiger partial charge in [0.15, 0.2) is 5.96 Å². The van der Waals surface area contributed by atoms with Crippen molar-refractivity contribution in [3.8, 4) is 0 Å². The van der Waals surface area contributed by atoms with E-state index in [0.717, 1.165) is 48.8 Å². The molecule has 6 nitrogen and oxygen atoms in total. The highest BCUT2D eigenvalue weighted by Crippen LogP contribution is 2.22. The van der Waals surface area contributed by atoms with Crippen LogP contribution in [0.3, 0.4) is 0 Å². The summed E-state index contributed by atoms with van der Waals surface area (Å²) in [5.74, 6) is 1.77. The Morgan fingerprint density at radius 2 is 2.04 bits per heavy atom. The summed E-state index contributed by atoms with van der Waals surface area (Å²) in [6.45, 7) is 5.07. The number of benzene rings is 1. The zero-order valence-corrected chi connectivity index (χ0v) is 15.7. The maximum Gasteiger partial charge on any atom is 0.191 e. The molecule has 0 aliphatic heterocycles. The number of guanidine groups is 1. The van der Waals surface area contributed by atoms with Gasteiger partial charge in [-0.25, -0.2) is 9.98 Å². The Labute approximate surface area is 150 Å². The fraction of sp³-hybridized carbons (Fsp3) is 0.474. The Balaban J connectivity index is 2.21. The molecule has 6 heteroatoms. The lowest BCUT2D eigenvalue weighted by Crippen LogP contribution is -2.38. The number of hydrogen-bond donors (Lipinski definition) is 2. The van der Waals surface area contributed by atoms with Crippen molar-refractivity contribution in [1.29, 1.82) is 0 Å². The normalized spacial score (nSPS) is 11.6. The highest BCUT2D eigenvalue weighted by molar-refractivity contribution is 5.85. The van der Waals surface area contributed by atoms with E-state index in [0.29, 0.717) is 6.54 Å². The summed E-state index contributed by atoms with van der Waals surface area (Å²) in [7, 11) is 5.73. The van der Waals surface area contributed by atoms with Crippen molar-refractivity contribution in [2.45, 2.75) is 19.9 Å². The summed E-state index contributed by atoms with van der Waals surface area (Å²) in [6, 6.07) is 10.3. The van der Waals surface area contributed by atoms with E-state index in [2.05, 4.69) is 29.7 Å². The second kappa shape index (κ2) is 9.84. The molecule has 0 radical (unpaired) electrons. The molecule has 0 saturated heterocycles. The molecule has 0 atom stereocenters. The third kappa shape index (κ3) is 5.60. The zero-order chi connectivity index (χ0) is 18.1. The van der Waals surface area contributed by atoms with E-state index in [-0.39, 0.29) is 0 Å². The summed E-state index contributed by atoms with van der Waals surface area (Å²) >= 11 is 0. The van der Waals surface area contributed by atoms with Crippen LogP contribution in [-0.2, 0) is 11.3 Å². The lowest BCUT2D eigenvalue weighted by Gasteiger charge is -2.15. The van der Waals surface area contributed by atoms with Gasteiger partial charge in [0.1, 0.15) is 5.82 Å². The molecule has 2 aromatic rings. The summed E-state index contributed by atoms with van der Waals surface area (Å²) < 4.78 is 5.08. The molecule has 0 aliphatic carbocycles. The van der Waals surface area contributed by atoms with E-state index in [9.17, 15) is 0 Å². The zero-order valence-electron chi connectivity index (χ0n) is 15.7. The number of hydrogen-bond acceptors (Lipinski definition) is 4. The molecule has 0 fully saturated rings. The highest BCUT2D eigenvalue weighted by atomic mass is 16.5. The van der Waals surface area contributed by atoms with Gasteiger partial charge in [-0.15, -0.1) is 0 Å². The van der Waals surface area contributed by atoms with Gasteiger partial charge in [-0.05, 0) is 31.0 Å². The molecule has 1 aromatic carbocycles. The first-order valence-corrected chi connectivity index (χ1v) is 8.72. The Morgan fingerprint density at radius 3 is 2.76 bits per heavy atom. The average molecular weight is 343 g/mol. The number of nitrogens with zero attached hydrogens (tertiary/aromatic N) is 3. The maximum absolute atomic E-state index is 5.08. The van der Waals surface area contributed by atoms with Crippen LogP contribution < -0.4 is 15.5 Å². The van der Waals surface area contributed by atoms with Gasteiger partial charge in [-0.2, -0.15) is 0 Å². The van der Waals surface area contributed by atoms with Gasteiger partial charge in [0, 0.05) is 46.3 Å². The second-order valence-electron chi connectivity index (χ2n) is 6.02. The molecular weight excluding hydrogens is 314 g/mol. The minimum atomic E-state index is 0.601. The summed E-state index contributed by atoms with van der Waals surface area (Å²) in [5, 5.41) is 7.78. The molecule has 1 heterocycles. The van der Waals surface area contributed by atoms with Crippen LogP contribution in [-0.4, -0.2) is 51.8 Å². The molecule has 0 amide bonds. The fourth-order valence-corrected chi connectivity index (χ4v) is 2.52. The molecular formula is C19H29N5O. The Bertz CT molecular complexity index is 699. The quantitative estimate of drug-likeness (QED) is 0.438. The topological polar surface area (TPSA) is 61.8 Å². The van der Waals surface area contributed by atoms with Crippen LogP contribution in [0.4, 0.5) is 5.82 Å². The smallest absolute Gasteiger partial charge is 0.191 e. The van der Waals surface area contributed by atoms with Crippen molar-refractivity contribution in [2.75, 3.05) is 45.8 Å². The molecule has 1 aromatic heterocycles. The number of aromatic nitrogens is 1. The number of rotatable bonds is 8. The molecule has 2 N–H and O–H groups in total. The number of aliphatic imine (C=N–C) groups is 1. The number of pyridine rings is 1. The number of methoxy groups -OCH3 is 1. The maximum atomic E-state index is 5.08. The predicted molar refractivity (Wildman–Crippen MR) is 105 cm³/mol. The fourth-order valence-electron chi connectivity index (χ4n) is 2.52. The van der Waals surface area contributed by atoms with Gasteiger partial charge < -0.3 is 20.3 Å². The minimum absolute atomic E-state index is 0.601. The Kier molecular flexibility index (Phi) is 7.47. The van der Waals surface area contributed by atoms with Gasteiger partial charge in [-0.3, -0.25) is 0 Å². The first-order chi connectivity index (χ1) is 12.2. The lowest BCUT2D eigenvalue weighted by atomic mass is 10.1.